The SMILES string of the molecule is CC[C@@H](C(=O)NC)N(Cc1ccccc1)C(=O)CN(c1ccc(F)cc1)S(=O)(=O)c1ccc(OC)c(OC)c1. The number of hydrogen-bond donors (Lipinski definition) is 1. The van der Waals surface area contributed by atoms with Gasteiger partial charge in [0.15, 0.2) is 11.5 Å². The number of likely N-dealkylation sites (N-methyl/N-ethyl adjacent to an activating group) is 1. The zero-order valence-corrected chi connectivity index (χ0v) is 23.1. The fourth-order valence-electron chi connectivity index (χ4n) is 4.11. The molecule has 0 aromatic heterocycles. The van der Waals surface area contributed by atoms with Crippen LogP contribution in [0.4, 0.5) is 10.1 Å². The van der Waals surface area contributed by atoms with Crippen LogP contribution in [-0.2, 0) is 26.2 Å². The lowest BCUT2D eigenvalue weighted by Gasteiger charge is -2.33. The fraction of sp³-hybridized carbons (Fsp3) is 0.286. The maximum Gasteiger partial charge on any atom is 0.264 e. The second kappa shape index (κ2) is 13.1. The van der Waals surface area contributed by atoms with Crippen LogP contribution in [0, 0.1) is 5.82 Å². The van der Waals surface area contributed by atoms with Gasteiger partial charge in [-0.1, -0.05) is 37.3 Å². The summed E-state index contributed by atoms with van der Waals surface area (Å²) in [5.74, 6) is -1.04. The number of benzene rings is 3. The van der Waals surface area contributed by atoms with Crippen LogP contribution in [-0.4, -0.2) is 59.0 Å². The highest BCUT2D eigenvalue weighted by molar-refractivity contribution is 7.92. The summed E-state index contributed by atoms with van der Waals surface area (Å²) in [7, 11) is -0.0825. The van der Waals surface area contributed by atoms with Crippen LogP contribution in [0.15, 0.2) is 77.7 Å². The Balaban J connectivity index is 2.08. The summed E-state index contributed by atoms with van der Waals surface area (Å²) in [4.78, 5) is 27.8. The number of carbonyl (C=O) groups excluding carboxylic acids is 2. The lowest BCUT2D eigenvalue weighted by atomic mass is 10.1. The molecule has 11 heteroatoms. The van der Waals surface area contributed by atoms with Gasteiger partial charge in [0.05, 0.1) is 24.8 Å². The van der Waals surface area contributed by atoms with Crippen molar-refractivity contribution < 1.29 is 31.9 Å². The molecule has 1 atom stereocenters. The van der Waals surface area contributed by atoms with E-state index in [1.54, 1.807) is 6.92 Å². The molecule has 9 nitrogen and oxygen atoms in total. The predicted molar refractivity (Wildman–Crippen MR) is 146 cm³/mol. The minimum absolute atomic E-state index is 0.0761. The molecule has 0 bridgehead atoms. The average Bonchev–Trinajstić information content (AvgIpc) is 2.96. The van der Waals surface area contributed by atoms with Crippen molar-refractivity contribution in [2.75, 3.05) is 32.1 Å². The molecule has 0 aliphatic carbocycles. The van der Waals surface area contributed by atoms with Crippen LogP contribution < -0.4 is 19.1 Å². The molecule has 0 fully saturated rings. The average molecular weight is 558 g/mol. The number of methoxy groups -OCH3 is 2. The molecule has 3 rings (SSSR count). The third-order valence-electron chi connectivity index (χ3n) is 6.16. The highest BCUT2D eigenvalue weighted by Crippen LogP contribution is 2.32. The van der Waals surface area contributed by atoms with E-state index in [0.29, 0.717) is 12.2 Å². The summed E-state index contributed by atoms with van der Waals surface area (Å²) in [6.07, 6.45) is 0.303. The van der Waals surface area contributed by atoms with Crippen LogP contribution in [0.5, 0.6) is 11.5 Å². The van der Waals surface area contributed by atoms with Gasteiger partial charge in [-0.3, -0.25) is 13.9 Å². The van der Waals surface area contributed by atoms with E-state index in [4.69, 9.17) is 9.47 Å². The molecule has 3 aromatic rings. The summed E-state index contributed by atoms with van der Waals surface area (Å²) in [5.41, 5.74) is 0.844. The minimum Gasteiger partial charge on any atom is -0.493 e. The maximum atomic E-state index is 13.9. The van der Waals surface area contributed by atoms with E-state index in [1.165, 1.54) is 56.5 Å². The third kappa shape index (κ3) is 6.85. The number of amides is 2. The van der Waals surface area contributed by atoms with E-state index < -0.39 is 34.3 Å². The molecule has 0 aliphatic rings. The number of carbonyl (C=O) groups is 2. The van der Waals surface area contributed by atoms with Crippen molar-refractivity contribution >= 4 is 27.5 Å². The van der Waals surface area contributed by atoms with Crippen molar-refractivity contribution in [1.82, 2.24) is 10.2 Å². The Morgan fingerprint density at radius 1 is 0.949 bits per heavy atom. The first kappa shape index (κ1) is 29.4. The minimum atomic E-state index is -4.36. The molecule has 3 aromatic carbocycles. The molecular weight excluding hydrogens is 525 g/mol. The van der Waals surface area contributed by atoms with Crippen molar-refractivity contribution in [3.63, 3.8) is 0 Å². The van der Waals surface area contributed by atoms with E-state index >= 15 is 0 Å². The number of halogens is 1. The molecule has 1 N–H and O–H groups in total. The first-order chi connectivity index (χ1) is 18.7. The van der Waals surface area contributed by atoms with Gasteiger partial charge >= 0.3 is 0 Å². The van der Waals surface area contributed by atoms with Gasteiger partial charge < -0.3 is 19.7 Å². The standard InChI is InChI=1S/C28H32FN3O6S/c1-5-24(28(34)30-2)31(18-20-9-7-6-8-10-20)27(33)19-32(22-13-11-21(29)12-14-22)39(35,36)23-15-16-25(37-3)26(17-23)38-4/h6-17,24H,5,18-19H2,1-4H3,(H,30,34)/t24-/m0/s1. The van der Waals surface area contributed by atoms with Gasteiger partial charge in [0.25, 0.3) is 10.0 Å². The topological polar surface area (TPSA) is 105 Å². The van der Waals surface area contributed by atoms with E-state index in [1.807, 2.05) is 30.3 Å². The molecular formula is C28H32FN3O6S. The zero-order valence-electron chi connectivity index (χ0n) is 22.3. The highest BCUT2D eigenvalue weighted by atomic mass is 32.2. The van der Waals surface area contributed by atoms with Gasteiger partial charge in [0, 0.05) is 19.7 Å². The van der Waals surface area contributed by atoms with E-state index in [-0.39, 0.29) is 28.8 Å². The summed E-state index contributed by atoms with van der Waals surface area (Å²) >= 11 is 0. The number of anilines is 1. The molecule has 0 saturated carbocycles. The third-order valence-corrected chi connectivity index (χ3v) is 7.93. The highest BCUT2D eigenvalue weighted by Gasteiger charge is 2.33. The second-order valence-corrected chi connectivity index (χ2v) is 10.4. The summed E-state index contributed by atoms with van der Waals surface area (Å²) in [5, 5.41) is 2.58. The van der Waals surface area contributed by atoms with E-state index in [2.05, 4.69) is 5.32 Å². The molecule has 0 spiro atoms. The van der Waals surface area contributed by atoms with Crippen molar-refractivity contribution in [3.05, 3.63) is 84.2 Å². The number of nitrogens with zero attached hydrogens (tertiary/aromatic N) is 2. The Bertz CT molecular complexity index is 1380. The molecule has 39 heavy (non-hydrogen) atoms. The van der Waals surface area contributed by atoms with Crippen molar-refractivity contribution in [1.29, 1.82) is 0 Å². The van der Waals surface area contributed by atoms with Gasteiger partial charge in [-0.15, -0.1) is 0 Å². The molecule has 0 radical (unpaired) electrons. The van der Waals surface area contributed by atoms with E-state index in [9.17, 15) is 22.4 Å². The normalized spacial score (nSPS) is 11.8. The number of ether oxygens (including phenoxy) is 2. The maximum absolute atomic E-state index is 13.9. The van der Waals surface area contributed by atoms with Gasteiger partial charge in [0.1, 0.15) is 18.4 Å². The van der Waals surface area contributed by atoms with E-state index in [0.717, 1.165) is 22.0 Å². The molecule has 0 saturated heterocycles. The summed E-state index contributed by atoms with van der Waals surface area (Å²) in [6.45, 7) is 1.21. The van der Waals surface area contributed by atoms with Gasteiger partial charge in [0.2, 0.25) is 11.8 Å². The first-order valence-electron chi connectivity index (χ1n) is 12.2. The monoisotopic (exact) mass is 557 g/mol. The van der Waals surface area contributed by atoms with Crippen LogP contribution in [0.3, 0.4) is 0 Å². The smallest absolute Gasteiger partial charge is 0.264 e. The van der Waals surface area contributed by atoms with Gasteiger partial charge in [-0.2, -0.15) is 0 Å². The Morgan fingerprint density at radius 2 is 1.59 bits per heavy atom. The fourth-order valence-corrected chi connectivity index (χ4v) is 5.54. The first-order valence-corrected chi connectivity index (χ1v) is 13.7. The predicted octanol–water partition coefficient (Wildman–Crippen LogP) is 3.59. The van der Waals surface area contributed by atoms with Crippen LogP contribution in [0.1, 0.15) is 18.9 Å². The molecule has 0 aliphatic heterocycles. The molecule has 0 heterocycles. The number of sulfonamides is 1. The largest absolute Gasteiger partial charge is 0.493 e. The Kier molecular flexibility index (Phi) is 9.89. The number of nitrogens with one attached hydrogen (secondary N) is 1. The van der Waals surface area contributed by atoms with Gasteiger partial charge in [-0.05, 0) is 48.4 Å². The lowest BCUT2D eigenvalue weighted by Crippen LogP contribution is -2.51. The Hall–Kier alpha value is -4.12. The van der Waals surface area contributed by atoms with Crippen LogP contribution in [0.2, 0.25) is 0 Å². The number of rotatable bonds is 12. The molecule has 2 amide bonds. The molecule has 0 unspecified atom stereocenters. The number of hydrogen-bond acceptors (Lipinski definition) is 6. The van der Waals surface area contributed by atoms with Crippen LogP contribution in [0.25, 0.3) is 0 Å². The summed E-state index contributed by atoms with van der Waals surface area (Å²) < 4.78 is 53.0. The molecule has 208 valence electrons. The Morgan fingerprint density at radius 3 is 2.15 bits per heavy atom. The van der Waals surface area contributed by atoms with Crippen molar-refractivity contribution in [3.8, 4) is 11.5 Å². The summed E-state index contributed by atoms with van der Waals surface area (Å²) in [6, 6.07) is 17.1. The van der Waals surface area contributed by atoms with Gasteiger partial charge in [-0.25, -0.2) is 12.8 Å². The Labute approximate surface area is 228 Å². The quantitative estimate of drug-likeness (QED) is 0.365. The van der Waals surface area contributed by atoms with Crippen LogP contribution >= 0.6 is 0 Å². The van der Waals surface area contributed by atoms with Crippen molar-refractivity contribution in [2.24, 2.45) is 0 Å². The second-order valence-electron chi connectivity index (χ2n) is 8.55. The lowest BCUT2D eigenvalue weighted by molar-refractivity contribution is -0.140. The van der Waals surface area contributed by atoms with Crippen molar-refractivity contribution in [2.45, 2.75) is 30.8 Å². The zero-order chi connectivity index (χ0) is 28.6.